The molecule has 1 fully saturated rings. The van der Waals surface area contributed by atoms with E-state index in [1.165, 1.54) is 0 Å². The Morgan fingerprint density at radius 1 is 1.25 bits per heavy atom. The molecule has 0 amide bonds. The number of rotatable bonds is 4. The Balaban J connectivity index is 2.55. The summed E-state index contributed by atoms with van der Waals surface area (Å²) in [4.78, 5) is 0. The summed E-state index contributed by atoms with van der Waals surface area (Å²) in [7, 11) is -1.71. The van der Waals surface area contributed by atoms with Crippen molar-refractivity contribution in [1.82, 2.24) is 0 Å². The zero-order valence-electron chi connectivity index (χ0n) is 11.4. The summed E-state index contributed by atoms with van der Waals surface area (Å²) in [5.41, 5.74) is 0. The van der Waals surface area contributed by atoms with E-state index in [1.54, 1.807) is 0 Å². The van der Waals surface area contributed by atoms with E-state index in [1.807, 2.05) is 6.92 Å². The molecular weight excluding hydrogens is 216 g/mol. The molecule has 0 aromatic heterocycles. The summed E-state index contributed by atoms with van der Waals surface area (Å²) in [6.07, 6.45) is 2.04. The molecule has 0 heterocycles. The predicted octanol–water partition coefficient (Wildman–Crippen LogP) is 3.54. The average molecular weight is 240 g/mol. The van der Waals surface area contributed by atoms with Gasteiger partial charge < -0.3 is 9.16 Å². The lowest BCUT2D eigenvalue weighted by atomic mass is 10.2. The van der Waals surface area contributed by atoms with Gasteiger partial charge in [0.2, 0.25) is 0 Å². The lowest BCUT2D eigenvalue weighted by Gasteiger charge is -2.39. The van der Waals surface area contributed by atoms with Crippen LogP contribution in [0.2, 0.25) is 18.1 Å². The highest BCUT2D eigenvalue weighted by Crippen LogP contribution is 2.48. The third-order valence-corrected chi connectivity index (χ3v) is 7.98. The van der Waals surface area contributed by atoms with Crippen molar-refractivity contribution in [3.8, 4) is 11.8 Å². The van der Waals surface area contributed by atoms with Gasteiger partial charge in [-0.1, -0.05) is 26.7 Å². The van der Waals surface area contributed by atoms with E-state index in [0.717, 1.165) is 12.8 Å². The topological polar surface area (TPSA) is 18.5 Å². The minimum absolute atomic E-state index is 0.238. The lowest BCUT2D eigenvalue weighted by molar-refractivity contribution is -0.102. The van der Waals surface area contributed by atoms with Gasteiger partial charge in [-0.15, -0.1) is 5.92 Å². The van der Waals surface area contributed by atoms with Crippen LogP contribution >= 0.6 is 0 Å². The molecule has 0 aromatic rings. The standard InChI is InChI=1S/C13H24O2Si/c1-7-8-11-14-13(9-10-13)15-16(5,6)12(2,3)4/h9-11H2,1-6H3. The molecular formula is C13H24O2Si. The Hall–Kier alpha value is -0.303. The third kappa shape index (κ3) is 3.34. The fourth-order valence-corrected chi connectivity index (χ4v) is 2.74. The van der Waals surface area contributed by atoms with Gasteiger partial charge in [-0.2, -0.15) is 0 Å². The summed E-state index contributed by atoms with van der Waals surface area (Å²) in [5.74, 6) is 5.48. The molecule has 0 radical (unpaired) electrons. The fraction of sp³-hybridized carbons (Fsp3) is 0.846. The molecule has 1 aliphatic rings. The minimum Gasteiger partial charge on any atom is -0.390 e. The second-order valence-corrected chi connectivity index (χ2v) is 10.7. The van der Waals surface area contributed by atoms with Crippen molar-refractivity contribution in [3.63, 3.8) is 0 Å². The lowest BCUT2D eigenvalue weighted by Crippen LogP contribution is -2.45. The maximum absolute atomic E-state index is 6.30. The van der Waals surface area contributed by atoms with E-state index in [0.29, 0.717) is 6.61 Å². The normalized spacial score (nSPS) is 18.9. The van der Waals surface area contributed by atoms with Crippen molar-refractivity contribution >= 4 is 8.32 Å². The van der Waals surface area contributed by atoms with Crippen molar-refractivity contribution in [1.29, 1.82) is 0 Å². The first-order chi connectivity index (χ1) is 7.22. The van der Waals surface area contributed by atoms with Gasteiger partial charge >= 0.3 is 0 Å². The summed E-state index contributed by atoms with van der Waals surface area (Å²) >= 11 is 0. The van der Waals surface area contributed by atoms with Crippen LogP contribution in [0, 0.1) is 11.8 Å². The zero-order chi connectivity index (χ0) is 12.4. The van der Waals surface area contributed by atoms with Crippen LogP contribution in [0.15, 0.2) is 0 Å². The third-order valence-electron chi connectivity index (χ3n) is 3.49. The number of ether oxygens (including phenoxy) is 1. The number of hydrogen-bond donors (Lipinski definition) is 0. The molecule has 1 rings (SSSR count). The monoisotopic (exact) mass is 240 g/mol. The highest BCUT2D eigenvalue weighted by molar-refractivity contribution is 6.74. The first-order valence-electron chi connectivity index (χ1n) is 5.96. The largest absolute Gasteiger partial charge is 0.390 e. The van der Waals surface area contributed by atoms with Gasteiger partial charge in [0.05, 0.1) is 0 Å². The Kier molecular flexibility index (Phi) is 3.89. The van der Waals surface area contributed by atoms with Crippen LogP contribution in [-0.4, -0.2) is 20.7 Å². The molecule has 0 atom stereocenters. The van der Waals surface area contributed by atoms with Gasteiger partial charge in [-0.25, -0.2) is 0 Å². The minimum atomic E-state index is -1.71. The molecule has 92 valence electrons. The second kappa shape index (κ2) is 4.52. The average Bonchev–Trinajstić information content (AvgIpc) is 2.83. The molecule has 0 N–H and O–H groups in total. The highest BCUT2D eigenvalue weighted by Gasteiger charge is 2.52. The first kappa shape index (κ1) is 13.8. The molecule has 1 saturated carbocycles. The smallest absolute Gasteiger partial charge is 0.195 e. The fourth-order valence-electron chi connectivity index (χ4n) is 1.24. The molecule has 16 heavy (non-hydrogen) atoms. The summed E-state index contributed by atoms with van der Waals surface area (Å²) in [6.45, 7) is 13.6. The van der Waals surface area contributed by atoms with Crippen LogP contribution < -0.4 is 0 Å². The molecule has 0 aromatic carbocycles. The molecule has 0 aliphatic heterocycles. The van der Waals surface area contributed by atoms with Gasteiger partial charge in [0.15, 0.2) is 14.1 Å². The van der Waals surface area contributed by atoms with E-state index in [4.69, 9.17) is 9.16 Å². The van der Waals surface area contributed by atoms with Gasteiger partial charge in [0, 0.05) is 12.8 Å². The Morgan fingerprint density at radius 2 is 1.81 bits per heavy atom. The van der Waals surface area contributed by atoms with Gasteiger partial charge in [-0.05, 0) is 25.1 Å². The Morgan fingerprint density at radius 3 is 2.19 bits per heavy atom. The van der Waals surface area contributed by atoms with Crippen LogP contribution in [0.5, 0.6) is 0 Å². The van der Waals surface area contributed by atoms with Crippen LogP contribution in [0.1, 0.15) is 40.5 Å². The first-order valence-corrected chi connectivity index (χ1v) is 8.87. The Bertz CT molecular complexity index is 300. The van der Waals surface area contributed by atoms with Crippen molar-refractivity contribution in [2.24, 2.45) is 0 Å². The van der Waals surface area contributed by atoms with Gasteiger partial charge in [0.1, 0.15) is 6.61 Å². The SMILES string of the molecule is CC#CCOC1(O[Si](C)(C)C(C)(C)C)CC1. The zero-order valence-corrected chi connectivity index (χ0v) is 12.4. The van der Waals surface area contributed by atoms with Crippen LogP contribution in [0.3, 0.4) is 0 Å². The predicted molar refractivity (Wildman–Crippen MR) is 69.6 cm³/mol. The molecule has 0 bridgehead atoms. The Labute approximate surface area is 101 Å². The van der Waals surface area contributed by atoms with E-state index in [2.05, 4.69) is 45.7 Å². The summed E-state index contributed by atoms with van der Waals surface area (Å²) < 4.78 is 12.0. The molecule has 0 unspecified atom stereocenters. The maximum atomic E-state index is 6.30. The van der Waals surface area contributed by atoms with Crippen LogP contribution in [-0.2, 0) is 9.16 Å². The van der Waals surface area contributed by atoms with Crippen LogP contribution in [0.25, 0.3) is 0 Å². The molecule has 3 heteroatoms. The number of hydrogen-bond acceptors (Lipinski definition) is 2. The molecule has 0 saturated heterocycles. The molecule has 1 aliphatic carbocycles. The maximum Gasteiger partial charge on any atom is 0.195 e. The van der Waals surface area contributed by atoms with Gasteiger partial charge in [0.25, 0.3) is 0 Å². The van der Waals surface area contributed by atoms with Crippen molar-refractivity contribution < 1.29 is 9.16 Å². The van der Waals surface area contributed by atoms with E-state index in [9.17, 15) is 0 Å². The van der Waals surface area contributed by atoms with Crippen molar-refractivity contribution in [2.45, 2.75) is 64.5 Å². The van der Waals surface area contributed by atoms with Crippen molar-refractivity contribution in [3.05, 3.63) is 0 Å². The van der Waals surface area contributed by atoms with Crippen molar-refractivity contribution in [2.75, 3.05) is 6.61 Å². The highest BCUT2D eigenvalue weighted by atomic mass is 28.4. The summed E-state index contributed by atoms with van der Waals surface area (Å²) in [6, 6.07) is 0. The van der Waals surface area contributed by atoms with E-state index < -0.39 is 8.32 Å². The summed E-state index contributed by atoms with van der Waals surface area (Å²) in [5, 5.41) is 0.238. The van der Waals surface area contributed by atoms with E-state index in [-0.39, 0.29) is 10.8 Å². The molecule has 0 spiro atoms. The van der Waals surface area contributed by atoms with E-state index >= 15 is 0 Å². The van der Waals surface area contributed by atoms with Crippen LogP contribution in [0.4, 0.5) is 0 Å². The molecule has 2 nitrogen and oxygen atoms in total. The quantitative estimate of drug-likeness (QED) is 0.425. The van der Waals surface area contributed by atoms with Gasteiger partial charge in [-0.3, -0.25) is 0 Å². The second-order valence-electron chi connectivity index (χ2n) is 5.99.